The number of nitrogens with one attached hydrogen (secondary N) is 1. The van der Waals surface area contributed by atoms with Crippen LogP contribution >= 0.6 is 39.0 Å². The van der Waals surface area contributed by atoms with Gasteiger partial charge in [0, 0.05) is 21.0 Å². The van der Waals surface area contributed by atoms with Crippen molar-refractivity contribution in [3.05, 3.63) is 73.3 Å². The number of hydrogen-bond donors (Lipinski definition) is 3. The van der Waals surface area contributed by atoms with Gasteiger partial charge in [0.2, 0.25) is 0 Å². The van der Waals surface area contributed by atoms with E-state index in [1.165, 1.54) is 29.3 Å². The van der Waals surface area contributed by atoms with Crippen LogP contribution in [0.25, 0.3) is 15.9 Å². The number of rotatable bonds is 6. The number of aryl methyl sites for hydroxylation is 2. The number of carbonyl (C=O) groups excluding carboxylic acids is 1. The van der Waals surface area contributed by atoms with Crippen molar-refractivity contribution in [1.82, 2.24) is 15.0 Å². The molecule has 2 heterocycles. The van der Waals surface area contributed by atoms with Crippen LogP contribution in [0.1, 0.15) is 28.8 Å². The number of hydrazone groups is 1. The van der Waals surface area contributed by atoms with Crippen LogP contribution in [0.15, 0.2) is 62.0 Å². The molecule has 8 nitrogen and oxygen atoms in total. The number of phenolic OH excluding ortho intramolecular Hbond substituents is 2. The van der Waals surface area contributed by atoms with Gasteiger partial charge < -0.3 is 10.2 Å². The number of halogens is 1. The van der Waals surface area contributed by atoms with E-state index >= 15 is 0 Å². The third-order valence-electron chi connectivity index (χ3n) is 5.78. The number of amides is 1. The van der Waals surface area contributed by atoms with Gasteiger partial charge in [-0.2, -0.15) is 5.10 Å². The molecule has 4 aromatic rings. The van der Waals surface area contributed by atoms with Gasteiger partial charge in [0.1, 0.15) is 16.3 Å². The largest absolute Gasteiger partial charge is 0.508 e. The minimum absolute atomic E-state index is 0.0154. The second-order valence-electron chi connectivity index (χ2n) is 8.23. The number of fused-ring (bicyclic) bond motifs is 3. The van der Waals surface area contributed by atoms with Gasteiger partial charge in [0.15, 0.2) is 5.16 Å². The number of benzene rings is 2. The maximum absolute atomic E-state index is 13.7. The van der Waals surface area contributed by atoms with E-state index in [-0.39, 0.29) is 22.8 Å². The second-order valence-corrected chi connectivity index (χ2v) is 11.2. The Morgan fingerprint density at radius 3 is 2.75 bits per heavy atom. The van der Waals surface area contributed by atoms with Crippen LogP contribution in [-0.2, 0) is 17.6 Å². The molecular weight excluding hydrogens is 564 g/mol. The number of hydrogen-bond acceptors (Lipinski definition) is 8. The summed E-state index contributed by atoms with van der Waals surface area (Å²) in [7, 11) is 0. The fourth-order valence-corrected chi connectivity index (χ4v) is 6.45. The molecule has 0 bridgehead atoms. The van der Waals surface area contributed by atoms with Gasteiger partial charge >= 0.3 is 0 Å². The van der Waals surface area contributed by atoms with Crippen molar-refractivity contribution >= 4 is 61.4 Å². The van der Waals surface area contributed by atoms with Crippen LogP contribution in [0, 0.1) is 0 Å². The lowest BCUT2D eigenvalue weighted by Gasteiger charge is -2.13. The highest BCUT2D eigenvalue weighted by atomic mass is 79.9. The summed E-state index contributed by atoms with van der Waals surface area (Å²) >= 11 is 6.17. The molecule has 184 valence electrons. The number of aromatic nitrogens is 2. The van der Waals surface area contributed by atoms with Gasteiger partial charge in [-0.1, -0.05) is 27.7 Å². The number of thioether (sulfide) groups is 1. The summed E-state index contributed by atoms with van der Waals surface area (Å²) in [6.07, 6.45) is 5.32. The highest BCUT2D eigenvalue weighted by molar-refractivity contribution is 9.10. The van der Waals surface area contributed by atoms with E-state index in [2.05, 4.69) is 26.5 Å². The molecule has 3 N–H and O–H groups in total. The topological polar surface area (TPSA) is 117 Å². The molecule has 36 heavy (non-hydrogen) atoms. The molecule has 5 rings (SSSR count). The van der Waals surface area contributed by atoms with Crippen LogP contribution in [0.2, 0.25) is 0 Å². The van der Waals surface area contributed by atoms with E-state index in [0.29, 0.717) is 26.6 Å². The van der Waals surface area contributed by atoms with Crippen molar-refractivity contribution in [2.75, 3.05) is 5.75 Å². The second kappa shape index (κ2) is 10.5. The van der Waals surface area contributed by atoms with Crippen LogP contribution in [0.5, 0.6) is 11.5 Å². The van der Waals surface area contributed by atoms with Crippen LogP contribution in [0.4, 0.5) is 0 Å². The molecule has 0 saturated heterocycles. The molecule has 0 unspecified atom stereocenters. The monoisotopic (exact) mass is 584 g/mol. The SMILES string of the molecule is O=C(CSc1nc2sc3c(c2c(=O)n1-c1ccc(Br)cc1)CCCC3)NN=Cc1ccc(O)cc1O. The minimum Gasteiger partial charge on any atom is -0.508 e. The van der Waals surface area contributed by atoms with Gasteiger partial charge in [-0.05, 0) is 67.6 Å². The molecule has 1 amide bonds. The predicted octanol–water partition coefficient (Wildman–Crippen LogP) is 4.74. The van der Waals surface area contributed by atoms with E-state index in [4.69, 9.17) is 4.98 Å². The van der Waals surface area contributed by atoms with E-state index in [1.54, 1.807) is 15.9 Å². The molecule has 1 aliphatic carbocycles. The smallest absolute Gasteiger partial charge is 0.267 e. The molecule has 0 atom stereocenters. The predicted molar refractivity (Wildman–Crippen MR) is 146 cm³/mol. The quantitative estimate of drug-likeness (QED) is 0.130. The Kier molecular flexibility index (Phi) is 7.13. The Morgan fingerprint density at radius 1 is 1.19 bits per heavy atom. The molecule has 0 radical (unpaired) electrons. The summed E-state index contributed by atoms with van der Waals surface area (Å²) in [5.41, 5.74) is 4.44. The molecule has 2 aromatic heterocycles. The number of phenols is 2. The van der Waals surface area contributed by atoms with Crippen molar-refractivity contribution in [2.45, 2.75) is 30.8 Å². The van der Waals surface area contributed by atoms with Crippen molar-refractivity contribution in [3.8, 4) is 17.2 Å². The Hall–Kier alpha value is -3.15. The van der Waals surface area contributed by atoms with Gasteiger partial charge in [0.25, 0.3) is 11.5 Å². The zero-order chi connectivity index (χ0) is 25.2. The zero-order valence-electron chi connectivity index (χ0n) is 18.9. The van der Waals surface area contributed by atoms with Crippen molar-refractivity contribution in [2.24, 2.45) is 5.10 Å². The third-order valence-corrected chi connectivity index (χ3v) is 8.44. The summed E-state index contributed by atoms with van der Waals surface area (Å²) < 4.78 is 2.47. The van der Waals surface area contributed by atoms with Gasteiger partial charge in [-0.25, -0.2) is 10.4 Å². The molecule has 0 fully saturated rings. The summed E-state index contributed by atoms with van der Waals surface area (Å²) in [5.74, 6) is -0.634. The Morgan fingerprint density at radius 2 is 1.97 bits per heavy atom. The van der Waals surface area contributed by atoms with Crippen molar-refractivity contribution < 1.29 is 15.0 Å². The van der Waals surface area contributed by atoms with E-state index in [0.717, 1.165) is 47.5 Å². The summed E-state index contributed by atoms with van der Waals surface area (Å²) in [5, 5.41) is 24.2. The fraction of sp³-hybridized carbons (Fsp3) is 0.200. The lowest BCUT2D eigenvalue weighted by molar-refractivity contribution is -0.118. The molecule has 1 aliphatic rings. The minimum atomic E-state index is -0.392. The van der Waals surface area contributed by atoms with Crippen molar-refractivity contribution in [1.29, 1.82) is 0 Å². The maximum Gasteiger partial charge on any atom is 0.267 e. The Balaban J connectivity index is 1.42. The highest BCUT2D eigenvalue weighted by Gasteiger charge is 2.23. The fourth-order valence-electron chi connectivity index (χ4n) is 4.08. The Bertz CT molecular complexity index is 1550. The molecule has 0 saturated carbocycles. The van der Waals surface area contributed by atoms with Crippen LogP contribution in [-0.4, -0.2) is 37.6 Å². The van der Waals surface area contributed by atoms with Gasteiger partial charge in [-0.15, -0.1) is 11.3 Å². The molecule has 11 heteroatoms. The molecular formula is C25H21BrN4O4S2. The molecule has 2 aromatic carbocycles. The lowest BCUT2D eigenvalue weighted by atomic mass is 9.97. The van der Waals surface area contributed by atoms with E-state index < -0.39 is 5.91 Å². The van der Waals surface area contributed by atoms with Gasteiger partial charge in [0.05, 0.1) is 23.0 Å². The average molecular weight is 586 g/mol. The normalized spacial score (nSPS) is 13.2. The third kappa shape index (κ3) is 5.04. The van der Waals surface area contributed by atoms with Gasteiger partial charge in [-0.3, -0.25) is 14.2 Å². The summed E-state index contributed by atoms with van der Waals surface area (Å²) in [6.45, 7) is 0. The first-order valence-corrected chi connectivity index (χ1v) is 13.8. The molecule has 0 spiro atoms. The summed E-state index contributed by atoms with van der Waals surface area (Å²) in [6, 6.07) is 11.5. The number of aromatic hydroxyl groups is 2. The number of carbonyl (C=O) groups is 1. The average Bonchev–Trinajstić information content (AvgIpc) is 3.23. The first kappa shape index (κ1) is 24.5. The zero-order valence-corrected chi connectivity index (χ0v) is 22.1. The lowest BCUT2D eigenvalue weighted by Crippen LogP contribution is -2.24. The standard InChI is InChI=1S/C25H21BrN4O4S2/c26-15-6-8-16(9-7-15)30-24(34)22-18-3-1-2-4-20(18)36-23(22)28-25(30)35-13-21(33)29-27-12-14-5-10-17(31)11-19(14)32/h5-12,31-32H,1-4,13H2,(H,29,33). The highest BCUT2D eigenvalue weighted by Crippen LogP contribution is 2.35. The van der Waals surface area contributed by atoms with E-state index in [1.807, 2.05) is 24.3 Å². The maximum atomic E-state index is 13.7. The summed E-state index contributed by atoms with van der Waals surface area (Å²) in [4.78, 5) is 33.0. The van der Waals surface area contributed by atoms with Crippen LogP contribution < -0.4 is 11.0 Å². The van der Waals surface area contributed by atoms with Crippen LogP contribution in [0.3, 0.4) is 0 Å². The Labute approximate surface area is 222 Å². The number of thiophene rings is 1. The van der Waals surface area contributed by atoms with E-state index in [9.17, 15) is 19.8 Å². The first-order valence-electron chi connectivity index (χ1n) is 11.2. The molecule has 0 aliphatic heterocycles. The first-order chi connectivity index (χ1) is 17.4. The number of nitrogens with zero attached hydrogens (tertiary/aromatic N) is 3. The van der Waals surface area contributed by atoms with Crippen molar-refractivity contribution in [3.63, 3.8) is 0 Å².